The van der Waals surface area contributed by atoms with Gasteiger partial charge in [-0.15, -0.1) is 11.3 Å². The molecule has 0 aliphatic carbocycles. The quantitative estimate of drug-likeness (QED) is 0.160. The second-order valence-corrected chi connectivity index (χ2v) is 14.8. The number of thiophene rings is 1. The highest BCUT2D eigenvalue weighted by Gasteiger charge is 2.19. The molecule has 10 rings (SSSR count). The van der Waals surface area contributed by atoms with Crippen LogP contribution < -0.4 is 4.90 Å². The van der Waals surface area contributed by atoms with E-state index in [2.05, 4.69) is 217 Å². The summed E-state index contributed by atoms with van der Waals surface area (Å²) in [5, 5.41) is 5.09. The molecule has 0 atom stereocenters. The molecule has 0 unspecified atom stereocenters. The Morgan fingerprint density at radius 3 is 1.24 bits per heavy atom. The number of nitrogens with zero attached hydrogens (tertiary/aromatic N) is 1. The van der Waals surface area contributed by atoms with Gasteiger partial charge in [0.1, 0.15) is 0 Å². The van der Waals surface area contributed by atoms with E-state index in [0.717, 1.165) is 11.4 Å². The minimum Gasteiger partial charge on any atom is -0.310 e. The van der Waals surface area contributed by atoms with E-state index in [0.29, 0.717) is 0 Å². The molecule has 0 bridgehead atoms. The number of benzene rings is 9. The molecule has 254 valence electrons. The van der Waals surface area contributed by atoms with E-state index in [1.807, 2.05) is 11.3 Å². The first-order valence-electron chi connectivity index (χ1n) is 18.4. The van der Waals surface area contributed by atoms with Gasteiger partial charge < -0.3 is 4.90 Å². The average molecular weight is 706 g/mol. The maximum absolute atomic E-state index is 2.41. The van der Waals surface area contributed by atoms with E-state index < -0.39 is 0 Å². The molecule has 0 saturated carbocycles. The van der Waals surface area contributed by atoms with Crippen LogP contribution in [0.4, 0.5) is 17.1 Å². The topological polar surface area (TPSA) is 3.24 Å². The van der Waals surface area contributed by atoms with Crippen molar-refractivity contribution in [2.24, 2.45) is 0 Å². The smallest absolute Gasteiger partial charge is 0.0547 e. The molecular weight excluding hydrogens is 671 g/mol. The van der Waals surface area contributed by atoms with E-state index in [-0.39, 0.29) is 0 Å². The van der Waals surface area contributed by atoms with E-state index in [9.17, 15) is 0 Å². The summed E-state index contributed by atoms with van der Waals surface area (Å²) in [7, 11) is 0. The Morgan fingerprint density at radius 2 is 0.704 bits per heavy atom. The van der Waals surface area contributed by atoms with Crippen LogP contribution >= 0.6 is 11.3 Å². The van der Waals surface area contributed by atoms with Crippen molar-refractivity contribution >= 4 is 59.3 Å². The third kappa shape index (κ3) is 5.84. The van der Waals surface area contributed by atoms with E-state index in [4.69, 9.17) is 0 Å². The normalized spacial score (nSPS) is 11.3. The van der Waals surface area contributed by atoms with Crippen molar-refractivity contribution in [2.45, 2.75) is 0 Å². The number of hydrogen-bond donors (Lipinski definition) is 0. The van der Waals surface area contributed by atoms with Gasteiger partial charge in [-0.05, 0) is 105 Å². The maximum atomic E-state index is 2.41. The molecule has 54 heavy (non-hydrogen) atoms. The second-order valence-electron chi connectivity index (χ2n) is 13.7. The molecule has 0 saturated heterocycles. The van der Waals surface area contributed by atoms with E-state index in [1.54, 1.807) is 0 Å². The molecule has 0 radical (unpaired) electrons. The molecule has 0 aliphatic rings. The average Bonchev–Trinajstić information content (AvgIpc) is 3.63. The Morgan fingerprint density at radius 1 is 0.278 bits per heavy atom. The minimum absolute atomic E-state index is 1.14. The monoisotopic (exact) mass is 705 g/mol. The summed E-state index contributed by atoms with van der Waals surface area (Å²) in [5.41, 5.74) is 13.2. The predicted octanol–water partition coefficient (Wildman–Crippen LogP) is 15.3. The molecule has 1 nitrogen and oxygen atoms in total. The van der Waals surface area contributed by atoms with E-state index in [1.165, 1.54) is 81.1 Å². The molecule has 2 heteroatoms. The van der Waals surface area contributed by atoms with Gasteiger partial charge in [0.05, 0.1) is 5.69 Å². The van der Waals surface area contributed by atoms with Crippen molar-refractivity contribution in [1.82, 2.24) is 0 Å². The zero-order valence-electron chi connectivity index (χ0n) is 29.6. The Labute approximate surface area is 319 Å². The number of rotatable bonds is 7. The lowest BCUT2D eigenvalue weighted by Crippen LogP contribution is -2.10. The number of para-hydroxylation sites is 2. The van der Waals surface area contributed by atoms with Crippen LogP contribution in [0.25, 0.3) is 75.5 Å². The fourth-order valence-corrected chi connectivity index (χ4v) is 8.97. The molecule has 0 spiro atoms. The standard InChI is InChI=1S/C52H35NS/c1-5-15-36(16-6-1)41-31-42(37-17-7-2-8-18-37)33-43(32-41)39-27-25-38(26-28-39)40-29-30-51-48(34-40)49-35-50(46-23-13-14-24-47(46)52(49)54-51)53(44-19-9-3-10-20-44)45-21-11-4-12-22-45/h1-35H. The summed E-state index contributed by atoms with van der Waals surface area (Å²) in [4.78, 5) is 2.39. The summed E-state index contributed by atoms with van der Waals surface area (Å²) < 4.78 is 2.62. The molecule has 10 aromatic rings. The summed E-state index contributed by atoms with van der Waals surface area (Å²) >= 11 is 1.89. The Bertz CT molecular complexity index is 2800. The first-order chi connectivity index (χ1) is 26.8. The van der Waals surface area contributed by atoms with Crippen LogP contribution in [0.3, 0.4) is 0 Å². The van der Waals surface area contributed by atoms with Crippen LogP contribution in [0.1, 0.15) is 0 Å². The maximum Gasteiger partial charge on any atom is 0.0547 e. The summed E-state index contributed by atoms with van der Waals surface area (Å²) in [6.07, 6.45) is 0. The molecule has 0 fully saturated rings. The molecule has 9 aromatic carbocycles. The third-order valence-electron chi connectivity index (χ3n) is 10.4. The van der Waals surface area contributed by atoms with Gasteiger partial charge in [0.2, 0.25) is 0 Å². The predicted molar refractivity (Wildman–Crippen MR) is 233 cm³/mol. The van der Waals surface area contributed by atoms with Crippen molar-refractivity contribution in [1.29, 1.82) is 0 Å². The van der Waals surface area contributed by atoms with Crippen LogP contribution in [0.5, 0.6) is 0 Å². The van der Waals surface area contributed by atoms with Gasteiger partial charge in [-0.1, -0.05) is 152 Å². The summed E-state index contributed by atoms with van der Waals surface area (Å²) in [6, 6.07) is 77.0. The summed E-state index contributed by atoms with van der Waals surface area (Å²) in [6.45, 7) is 0. The fraction of sp³-hybridized carbons (Fsp3) is 0. The van der Waals surface area contributed by atoms with Crippen LogP contribution in [0, 0.1) is 0 Å². The van der Waals surface area contributed by atoms with Crippen LogP contribution in [-0.4, -0.2) is 0 Å². The third-order valence-corrected chi connectivity index (χ3v) is 11.6. The first-order valence-corrected chi connectivity index (χ1v) is 19.2. The SMILES string of the molecule is c1ccc(-c2cc(-c3ccccc3)cc(-c3ccc(-c4ccc5sc6c7ccccc7c(N(c7ccccc7)c7ccccc7)cc6c5c4)cc3)c2)cc1. The van der Waals surface area contributed by atoms with Gasteiger partial charge >= 0.3 is 0 Å². The van der Waals surface area contributed by atoms with Gasteiger partial charge in [-0.2, -0.15) is 0 Å². The van der Waals surface area contributed by atoms with Gasteiger partial charge in [0.15, 0.2) is 0 Å². The molecule has 1 heterocycles. The molecule has 0 N–H and O–H groups in total. The van der Waals surface area contributed by atoms with Crippen molar-refractivity contribution < 1.29 is 0 Å². The number of anilines is 3. The zero-order chi connectivity index (χ0) is 35.8. The van der Waals surface area contributed by atoms with Crippen LogP contribution in [0.2, 0.25) is 0 Å². The lowest BCUT2D eigenvalue weighted by atomic mass is 9.92. The van der Waals surface area contributed by atoms with Gasteiger partial charge in [0, 0.05) is 42.3 Å². The lowest BCUT2D eigenvalue weighted by molar-refractivity contribution is 1.30. The van der Waals surface area contributed by atoms with Crippen LogP contribution in [-0.2, 0) is 0 Å². The molecular formula is C52H35NS. The van der Waals surface area contributed by atoms with Gasteiger partial charge in [0.25, 0.3) is 0 Å². The number of fused-ring (bicyclic) bond motifs is 5. The van der Waals surface area contributed by atoms with Gasteiger partial charge in [-0.25, -0.2) is 0 Å². The Balaban J connectivity index is 1.08. The Kier molecular flexibility index (Phi) is 8.09. The van der Waals surface area contributed by atoms with Crippen molar-refractivity contribution in [3.05, 3.63) is 212 Å². The largest absolute Gasteiger partial charge is 0.310 e. The second kappa shape index (κ2) is 13.7. The van der Waals surface area contributed by atoms with Crippen molar-refractivity contribution in [2.75, 3.05) is 4.90 Å². The number of hydrogen-bond acceptors (Lipinski definition) is 2. The lowest BCUT2D eigenvalue weighted by Gasteiger charge is -2.27. The highest BCUT2D eigenvalue weighted by molar-refractivity contribution is 7.26. The zero-order valence-corrected chi connectivity index (χ0v) is 30.4. The fourth-order valence-electron chi connectivity index (χ4n) is 7.77. The molecule has 1 aromatic heterocycles. The van der Waals surface area contributed by atoms with Gasteiger partial charge in [-0.3, -0.25) is 0 Å². The molecule has 0 amide bonds. The first kappa shape index (κ1) is 32.0. The Hall–Kier alpha value is -6.74. The molecule has 0 aliphatic heterocycles. The van der Waals surface area contributed by atoms with Crippen molar-refractivity contribution in [3.8, 4) is 44.5 Å². The highest BCUT2D eigenvalue weighted by Crippen LogP contribution is 2.47. The summed E-state index contributed by atoms with van der Waals surface area (Å²) in [5.74, 6) is 0. The van der Waals surface area contributed by atoms with Crippen molar-refractivity contribution in [3.63, 3.8) is 0 Å². The van der Waals surface area contributed by atoms with E-state index >= 15 is 0 Å². The van der Waals surface area contributed by atoms with Crippen LogP contribution in [0.15, 0.2) is 212 Å². The minimum atomic E-state index is 1.14. The highest BCUT2D eigenvalue weighted by atomic mass is 32.1.